The minimum atomic E-state index is -0.431. The third-order valence-electron chi connectivity index (χ3n) is 4.12. The predicted octanol–water partition coefficient (Wildman–Crippen LogP) is 5.40. The molecule has 0 amide bonds. The van der Waals surface area contributed by atoms with Crippen LogP contribution in [0.2, 0.25) is 10.0 Å². The summed E-state index contributed by atoms with van der Waals surface area (Å²) in [4.78, 5) is 4.00. The molecule has 1 heterocycles. The highest BCUT2D eigenvalue weighted by Gasteiger charge is 2.15. The molecule has 0 unspecified atom stereocenters. The molecule has 0 atom stereocenters. The lowest BCUT2D eigenvalue weighted by Gasteiger charge is -2.15. The van der Waals surface area contributed by atoms with E-state index in [9.17, 15) is 4.39 Å². The molecule has 3 rings (SSSR count). The Hall–Kier alpha value is -2.34. The number of nitrogens with zero attached hydrogens (tertiary/aromatic N) is 1. The third kappa shape index (κ3) is 5.13. The van der Waals surface area contributed by atoms with Gasteiger partial charge in [-0.1, -0.05) is 29.3 Å². The Balaban J connectivity index is 1.69. The van der Waals surface area contributed by atoms with Crippen molar-refractivity contribution in [2.24, 2.45) is 0 Å². The van der Waals surface area contributed by atoms with Crippen LogP contribution in [0, 0.1) is 5.82 Å². The SMILES string of the molecule is COc1cc(CNCc2ccncc2)cc(Cl)c1OCc1c(F)cccc1Cl. The van der Waals surface area contributed by atoms with Gasteiger partial charge in [0, 0.05) is 31.0 Å². The van der Waals surface area contributed by atoms with Crippen LogP contribution >= 0.6 is 23.2 Å². The summed E-state index contributed by atoms with van der Waals surface area (Å²) in [6.07, 6.45) is 3.51. The van der Waals surface area contributed by atoms with Crippen molar-refractivity contribution in [3.05, 3.63) is 87.4 Å². The Morgan fingerprint density at radius 1 is 1.00 bits per heavy atom. The van der Waals surface area contributed by atoms with Crippen LogP contribution in [0.4, 0.5) is 4.39 Å². The molecule has 0 aliphatic rings. The first-order chi connectivity index (χ1) is 13.6. The number of nitrogens with one attached hydrogen (secondary N) is 1. The maximum Gasteiger partial charge on any atom is 0.180 e. The molecule has 7 heteroatoms. The van der Waals surface area contributed by atoms with Crippen LogP contribution in [0.25, 0.3) is 0 Å². The van der Waals surface area contributed by atoms with Crippen molar-refractivity contribution in [2.45, 2.75) is 19.7 Å². The van der Waals surface area contributed by atoms with Crippen molar-refractivity contribution < 1.29 is 13.9 Å². The van der Waals surface area contributed by atoms with E-state index < -0.39 is 5.82 Å². The van der Waals surface area contributed by atoms with Crippen LogP contribution < -0.4 is 14.8 Å². The molecule has 0 radical (unpaired) electrons. The maximum absolute atomic E-state index is 13.9. The van der Waals surface area contributed by atoms with Gasteiger partial charge in [-0.3, -0.25) is 4.98 Å². The average Bonchev–Trinajstić information content (AvgIpc) is 2.69. The van der Waals surface area contributed by atoms with Crippen molar-refractivity contribution >= 4 is 23.2 Å². The van der Waals surface area contributed by atoms with Crippen LogP contribution in [-0.4, -0.2) is 12.1 Å². The number of aromatic nitrogens is 1. The van der Waals surface area contributed by atoms with E-state index in [-0.39, 0.29) is 12.2 Å². The second-order valence-electron chi connectivity index (χ2n) is 6.06. The normalized spacial score (nSPS) is 10.7. The van der Waals surface area contributed by atoms with Gasteiger partial charge < -0.3 is 14.8 Å². The van der Waals surface area contributed by atoms with Gasteiger partial charge in [0.1, 0.15) is 12.4 Å². The number of rotatable bonds is 8. The van der Waals surface area contributed by atoms with Gasteiger partial charge in [0.2, 0.25) is 0 Å². The van der Waals surface area contributed by atoms with Crippen molar-refractivity contribution in [3.8, 4) is 11.5 Å². The Morgan fingerprint density at radius 2 is 1.75 bits per heavy atom. The van der Waals surface area contributed by atoms with E-state index in [1.165, 1.54) is 13.2 Å². The molecule has 0 aliphatic carbocycles. The number of ether oxygens (including phenoxy) is 2. The van der Waals surface area contributed by atoms with Gasteiger partial charge in [-0.25, -0.2) is 4.39 Å². The van der Waals surface area contributed by atoms with E-state index >= 15 is 0 Å². The molecule has 0 saturated carbocycles. The lowest BCUT2D eigenvalue weighted by molar-refractivity contribution is 0.280. The zero-order chi connectivity index (χ0) is 19.9. The molecule has 1 aromatic heterocycles. The van der Waals surface area contributed by atoms with E-state index in [2.05, 4.69) is 10.3 Å². The lowest BCUT2D eigenvalue weighted by Crippen LogP contribution is -2.13. The van der Waals surface area contributed by atoms with Crippen LogP contribution in [0.5, 0.6) is 11.5 Å². The van der Waals surface area contributed by atoms with E-state index in [1.54, 1.807) is 30.6 Å². The summed E-state index contributed by atoms with van der Waals surface area (Å²) in [5.41, 5.74) is 2.34. The smallest absolute Gasteiger partial charge is 0.180 e. The molecule has 3 aromatic rings. The number of hydrogen-bond acceptors (Lipinski definition) is 4. The van der Waals surface area contributed by atoms with Crippen LogP contribution in [0.15, 0.2) is 54.9 Å². The zero-order valence-corrected chi connectivity index (χ0v) is 16.7. The summed E-state index contributed by atoms with van der Waals surface area (Å²) in [7, 11) is 1.53. The Kier molecular flexibility index (Phi) is 7.09. The molecule has 4 nitrogen and oxygen atoms in total. The van der Waals surface area contributed by atoms with E-state index in [1.807, 2.05) is 18.2 Å². The highest BCUT2D eigenvalue weighted by Crippen LogP contribution is 2.37. The van der Waals surface area contributed by atoms with Crippen molar-refractivity contribution in [2.75, 3.05) is 7.11 Å². The summed E-state index contributed by atoms with van der Waals surface area (Å²) >= 11 is 12.4. The van der Waals surface area contributed by atoms with Gasteiger partial charge in [0.05, 0.1) is 17.2 Å². The molecule has 0 bridgehead atoms. The molecular formula is C21H19Cl2FN2O2. The van der Waals surface area contributed by atoms with Gasteiger partial charge >= 0.3 is 0 Å². The fourth-order valence-corrected chi connectivity index (χ4v) is 3.19. The van der Waals surface area contributed by atoms with Gasteiger partial charge in [-0.15, -0.1) is 0 Å². The van der Waals surface area contributed by atoms with Crippen molar-refractivity contribution in [3.63, 3.8) is 0 Å². The zero-order valence-electron chi connectivity index (χ0n) is 15.2. The van der Waals surface area contributed by atoms with Crippen molar-refractivity contribution in [1.29, 1.82) is 0 Å². The summed E-state index contributed by atoms with van der Waals surface area (Å²) < 4.78 is 25.1. The summed E-state index contributed by atoms with van der Waals surface area (Å²) in [6.45, 7) is 1.24. The summed E-state index contributed by atoms with van der Waals surface area (Å²) in [6, 6.07) is 12.0. The fourth-order valence-electron chi connectivity index (χ4n) is 2.68. The number of halogens is 3. The summed E-state index contributed by atoms with van der Waals surface area (Å²) in [5.74, 6) is 0.390. The second kappa shape index (κ2) is 9.73. The Morgan fingerprint density at radius 3 is 2.46 bits per heavy atom. The average molecular weight is 421 g/mol. The Bertz CT molecular complexity index is 919. The van der Waals surface area contributed by atoms with E-state index in [4.69, 9.17) is 32.7 Å². The molecule has 0 fully saturated rings. The first-order valence-corrected chi connectivity index (χ1v) is 9.35. The lowest BCUT2D eigenvalue weighted by atomic mass is 10.2. The molecule has 146 valence electrons. The minimum Gasteiger partial charge on any atom is -0.493 e. The second-order valence-corrected chi connectivity index (χ2v) is 6.87. The summed E-state index contributed by atoms with van der Waals surface area (Å²) in [5, 5.41) is 4.02. The Labute approximate surface area is 173 Å². The fraction of sp³-hybridized carbons (Fsp3) is 0.190. The highest BCUT2D eigenvalue weighted by atomic mass is 35.5. The number of methoxy groups -OCH3 is 1. The topological polar surface area (TPSA) is 43.4 Å². The quantitative estimate of drug-likeness (QED) is 0.529. The molecule has 1 N–H and O–H groups in total. The van der Waals surface area contributed by atoms with Crippen LogP contribution in [0.1, 0.15) is 16.7 Å². The van der Waals surface area contributed by atoms with Gasteiger partial charge in [0.25, 0.3) is 0 Å². The number of benzene rings is 2. The van der Waals surface area contributed by atoms with E-state index in [0.29, 0.717) is 34.6 Å². The molecule has 0 spiro atoms. The molecule has 0 saturated heterocycles. The molecule has 28 heavy (non-hydrogen) atoms. The number of pyridine rings is 1. The standard InChI is InChI=1S/C21H19Cl2FN2O2/c1-27-20-10-15(12-26-11-14-5-7-25-8-6-14)9-18(23)21(20)28-13-16-17(22)3-2-4-19(16)24/h2-10,26H,11-13H2,1H3. The monoisotopic (exact) mass is 420 g/mol. The maximum atomic E-state index is 13.9. The number of hydrogen-bond donors (Lipinski definition) is 1. The van der Waals surface area contributed by atoms with Crippen LogP contribution in [0.3, 0.4) is 0 Å². The molecule has 2 aromatic carbocycles. The van der Waals surface area contributed by atoms with E-state index in [0.717, 1.165) is 11.1 Å². The van der Waals surface area contributed by atoms with Gasteiger partial charge in [-0.05, 0) is 47.5 Å². The molecular weight excluding hydrogens is 402 g/mol. The third-order valence-corrected chi connectivity index (χ3v) is 4.75. The highest BCUT2D eigenvalue weighted by molar-refractivity contribution is 6.32. The largest absolute Gasteiger partial charge is 0.493 e. The van der Waals surface area contributed by atoms with Gasteiger partial charge in [-0.2, -0.15) is 0 Å². The molecule has 0 aliphatic heterocycles. The predicted molar refractivity (Wildman–Crippen MR) is 109 cm³/mol. The first kappa shape index (κ1) is 20.4. The van der Waals surface area contributed by atoms with Crippen LogP contribution in [-0.2, 0) is 19.7 Å². The first-order valence-electron chi connectivity index (χ1n) is 8.60. The van der Waals surface area contributed by atoms with Gasteiger partial charge in [0.15, 0.2) is 11.5 Å². The van der Waals surface area contributed by atoms with Crippen molar-refractivity contribution in [1.82, 2.24) is 10.3 Å². The minimum absolute atomic E-state index is 0.0543.